The normalized spacial score (nSPS) is 12.2. The molecule has 1 nitrogen and oxygen atoms in total. The van der Waals surface area contributed by atoms with E-state index in [9.17, 15) is 0 Å². The van der Waals surface area contributed by atoms with Crippen LogP contribution in [0.1, 0.15) is 26.5 Å². The molecule has 0 N–H and O–H groups in total. The van der Waals surface area contributed by atoms with Gasteiger partial charge in [0.05, 0.1) is 10.5 Å². The first-order chi connectivity index (χ1) is 8.97. The van der Waals surface area contributed by atoms with Gasteiger partial charge in [0.15, 0.2) is 0 Å². The monoisotopic (exact) mass is 269 g/mol. The van der Waals surface area contributed by atoms with Crippen molar-refractivity contribution >= 4 is 33.3 Å². The molecule has 1 aromatic heterocycles. The second kappa shape index (κ2) is 4.21. The van der Waals surface area contributed by atoms with Crippen LogP contribution in [-0.4, -0.2) is 4.98 Å². The van der Waals surface area contributed by atoms with Gasteiger partial charge in [-0.15, -0.1) is 0 Å². The van der Waals surface area contributed by atoms with E-state index >= 15 is 0 Å². The van der Waals surface area contributed by atoms with Crippen LogP contribution >= 0.6 is 11.6 Å². The second-order valence-electron chi connectivity index (χ2n) is 5.92. The summed E-state index contributed by atoms with van der Waals surface area (Å²) in [5.41, 5.74) is 2.02. The molecule has 0 amide bonds. The molecular formula is C17H16ClN. The lowest BCUT2D eigenvalue weighted by molar-refractivity contribution is 0.572. The van der Waals surface area contributed by atoms with Crippen LogP contribution in [0.2, 0.25) is 5.02 Å². The first-order valence-electron chi connectivity index (χ1n) is 6.45. The molecule has 0 aliphatic carbocycles. The Balaban J connectivity index is 2.47. The van der Waals surface area contributed by atoms with E-state index < -0.39 is 0 Å². The summed E-state index contributed by atoms with van der Waals surface area (Å²) in [6, 6.07) is 14.4. The van der Waals surface area contributed by atoms with Gasteiger partial charge >= 0.3 is 0 Å². The average Bonchev–Trinajstić information content (AvgIpc) is 2.37. The standard InChI is InChI=1S/C17H16ClN/c1-17(2,3)15-10-14(18)13-9-8-11-6-4-5-7-12(11)16(13)19-15/h4-10H,1-3H3. The van der Waals surface area contributed by atoms with E-state index in [1.54, 1.807) is 0 Å². The van der Waals surface area contributed by atoms with E-state index in [0.717, 1.165) is 27.0 Å². The van der Waals surface area contributed by atoms with Crippen molar-refractivity contribution in [1.82, 2.24) is 4.98 Å². The highest BCUT2D eigenvalue weighted by Gasteiger charge is 2.18. The molecule has 2 heteroatoms. The molecular weight excluding hydrogens is 254 g/mol. The summed E-state index contributed by atoms with van der Waals surface area (Å²) >= 11 is 6.43. The topological polar surface area (TPSA) is 12.9 Å². The summed E-state index contributed by atoms with van der Waals surface area (Å²) in [5, 5.41) is 4.16. The highest BCUT2D eigenvalue weighted by molar-refractivity contribution is 6.36. The van der Waals surface area contributed by atoms with Crippen LogP contribution in [-0.2, 0) is 5.41 Å². The van der Waals surface area contributed by atoms with Crippen molar-refractivity contribution in [3.63, 3.8) is 0 Å². The van der Waals surface area contributed by atoms with Crippen molar-refractivity contribution in [3.8, 4) is 0 Å². The largest absolute Gasteiger partial charge is 0.252 e. The molecule has 1 heterocycles. The number of pyridine rings is 1. The lowest BCUT2D eigenvalue weighted by Crippen LogP contribution is -2.13. The van der Waals surface area contributed by atoms with E-state index in [0.29, 0.717) is 0 Å². The maximum absolute atomic E-state index is 6.43. The van der Waals surface area contributed by atoms with Gasteiger partial charge < -0.3 is 0 Å². The molecule has 0 saturated carbocycles. The Morgan fingerprint density at radius 3 is 2.42 bits per heavy atom. The van der Waals surface area contributed by atoms with Gasteiger partial charge in [-0.2, -0.15) is 0 Å². The van der Waals surface area contributed by atoms with Crippen molar-refractivity contribution < 1.29 is 0 Å². The number of benzene rings is 2. The number of fused-ring (bicyclic) bond motifs is 3. The minimum Gasteiger partial charge on any atom is -0.252 e. The first kappa shape index (κ1) is 12.4. The Hall–Kier alpha value is -1.60. The molecule has 0 aliphatic rings. The molecule has 0 aliphatic heterocycles. The van der Waals surface area contributed by atoms with Gasteiger partial charge in [0, 0.05) is 21.9 Å². The fraction of sp³-hybridized carbons (Fsp3) is 0.235. The van der Waals surface area contributed by atoms with E-state index in [4.69, 9.17) is 16.6 Å². The molecule has 3 aromatic rings. The Morgan fingerprint density at radius 2 is 1.68 bits per heavy atom. The van der Waals surface area contributed by atoms with E-state index in [2.05, 4.69) is 45.0 Å². The van der Waals surface area contributed by atoms with Crippen LogP contribution in [0, 0.1) is 0 Å². The van der Waals surface area contributed by atoms with Crippen LogP contribution in [0.3, 0.4) is 0 Å². The minimum absolute atomic E-state index is 0.00518. The number of aromatic nitrogens is 1. The van der Waals surface area contributed by atoms with Crippen LogP contribution in [0.15, 0.2) is 42.5 Å². The van der Waals surface area contributed by atoms with Crippen molar-refractivity contribution in [1.29, 1.82) is 0 Å². The molecule has 0 fully saturated rings. The predicted molar refractivity (Wildman–Crippen MR) is 83.0 cm³/mol. The molecule has 2 aromatic carbocycles. The van der Waals surface area contributed by atoms with Gasteiger partial charge in [-0.1, -0.05) is 68.8 Å². The number of halogens is 1. The fourth-order valence-electron chi connectivity index (χ4n) is 2.30. The molecule has 96 valence electrons. The zero-order valence-corrected chi connectivity index (χ0v) is 12.1. The van der Waals surface area contributed by atoms with E-state index in [1.165, 1.54) is 5.39 Å². The molecule has 0 atom stereocenters. The fourth-order valence-corrected chi connectivity index (χ4v) is 2.56. The Morgan fingerprint density at radius 1 is 0.947 bits per heavy atom. The maximum Gasteiger partial charge on any atom is 0.0798 e. The number of nitrogens with zero attached hydrogens (tertiary/aromatic N) is 1. The van der Waals surface area contributed by atoms with Crippen LogP contribution in [0.25, 0.3) is 21.7 Å². The third-order valence-electron chi connectivity index (χ3n) is 3.42. The zero-order chi connectivity index (χ0) is 13.6. The third-order valence-corrected chi connectivity index (χ3v) is 3.73. The Kier molecular flexibility index (Phi) is 2.75. The zero-order valence-electron chi connectivity index (χ0n) is 11.4. The van der Waals surface area contributed by atoms with E-state index in [1.807, 2.05) is 18.2 Å². The predicted octanol–water partition coefficient (Wildman–Crippen LogP) is 5.34. The van der Waals surface area contributed by atoms with Gasteiger partial charge in [-0.05, 0) is 11.5 Å². The summed E-state index contributed by atoms with van der Waals surface area (Å²) in [7, 11) is 0. The SMILES string of the molecule is CC(C)(C)c1cc(Cl)c2ccc3ccccc3c2n1. The highest BCUT2D eigenvalue weighted by atomic mass is 35.5. The number of hydrogen-bond donors (Lipinski definition) is 0. The number of hydrogen-bond acceptors (Lipinski definition) is 1. The molecule has 0 saturated heterocycles. The average molecular weight is 270 g/mol. The smallest absolute Gasteiger partial charge is 0.0798 e. The van der Waals surface area contributed by atoms with Crippen molar-refractivity contribution in [2.45, 2.75) is 26.2 Å². The van der Waals surface area contributed by atoms with Crippen molar-refractivity contribution in [2.24, 2.45) is 0 Å². The highest BCUT2D eigenvalue weighted by Crippen LogP contribution is 2.32. The summed E-state index contributed by atoms with van der Waals surface area (Å²) in [6.07, 6.45) is 0. The van der Waals surface area contributed by atoms with Gasteiger partial charge in [0.2, 0.25) is 0 Å². The van der Waals surface area contributed by atoms with Crippen LogP contribution in [0.4, 0.5) is 0 Å². The first-order valence-corrected chi connectivity index (χ1v) is 6.83. The molecule has 0 spiro atoms. The van der Waals surface area contributed by atoms with Gasteiger partial charge in [0.25, 0.3) is 0 Å². The summed E-state index contributed by atoms with van der Waals surface area (Å²) < 4.78 is 0. The Bertz CT molecular complexity index is 769. The lowest BCUT2D eigenvalue weighted by Gasteiger charge is -2.19. The second-order valence-corrected chi connectivity index (χ2v) is 6.33. The summed E-state index contributed by atoms with van der Waals surface area (Å²) in [5.74, 6) is 0. The lowest BCUT2D eigenvalue weighted by atomic mass is 9.91. The van der Waals surface area contributed by atoms with E-state index in [-0.39, 0.29) is 5.41 Å². The molecule has 0 radical (unpaired) electrons. The van der Waals surface area contributed by atoms with Gasteiger partial charge in [-0.3, -0.25) is 4.98 Å². The van der Waals surface area contributed by atoms with Gasteiger partial charge in [-0.25, -0.2) is 0 Å². The summed E-state index contributed by atoms with van der Waals surface area (Å²) in [6.45, 7) is 6.47. The quantitative estimate of drug-likeness (QED) is 0.502. The van der Waals surface area contributed by atoms with Gasteiger partial charge in [0.1, 0.15) is 0 Å². The van der Waals surface area contributed by atoms with Crippen LogP contribution in [0.5, 0.6) is 0 Å². The summed E-state index contributed by atoms with van der Waals surface area (Å²) in [4.78, 5) is 4.85. The Labute approximate surface area is 118 Å². The molecule has 3 rings (SSSR count). The molecule has 19 heavy (non-hydrogen) atoms. The van der Waals surface area contributed by atoms with Crippen molar-refractivity contribution in [3.05, 3.63) is 53.2 Å². The molecule has 0 bridgehead atoms. The van der Waals surface area contributed by atoms with Crippen molar-refractivity contribution in [2.75, 3.05) is 0 Å². The minimum atomic E-state index is -0.00518. The molecule has 0 unspecified atom stereocenters. The third kappa shape index (κ3) is 2.08. The van der Waals surface area contributed by atoms with Crippen LogP contribution < -0.4 is 0 Å². The number of rotatable bonds is 0. The maximum atomic E-state index is 6.43.